The first-order valence-electron chi connectivity index (χ1n) is 12.6. The van der Waals surface area contributed by atoms with Crippen LogP contribution in [-0.4, -0.2) is 79.3 Å². The number of carbonyl (C=O) groups excluding carboxylic acids is 1. The number of ether oxygens (including phenoxy) is 2. The molecule has 3 heterocycles. The van der Waals surface area contributed by atoms with Crippen LogP contribution in [0, 0.1) is 5.92 Å². The van der Waals surface area contributed by atoms with E-state index in [2.05, 4.69) is 27.2 Å². The summed E-state index contributed by atoms with van der Waals surface area (Å²) in [7, 11) is 0. The van der Waals surface area contributed by atoms with Crippen molar-refractivity contribution in [3.05, 3.63) is 58.6 Å². The summed E-state index contributed by atoms with van der Waals surface area (Å²) in [5, 5.41) is 15.2. The summed E-state index contributed by atoms with van der Waals surface area (Å²) in [5.74, 6) is 1.32. The number of fused-ring (bicyclic) bond motifs is 1. The molecule has 3 aliphatic heterocycles. The molecule has 7 nitrogen and oxygen atoms in total. The van der Waals surface area contributed by atoms with E-state index in [0.29, 0.717) is 31.3 Å². The van der Waals surface area contributed by atoms with Crippen LogP contribution in [0.4, 0.5) is 0 Å². The van der Waals surface area contributed by atoms with Gasteiger partial charge in [0.2, 0.25) is 5.91 Å². The van der Waals surface area contributed by atoms with E-state index in [-0.39, 0.29) is 17.9 Å². The summed E-state index contributed by atoms with van der Waals surface area (Å²) in [6.45, 7) is 6.07. The third-order valence-electron chi connectivity index (χ3n) is 7.23. The number of likely N-dealkylation sites (tertiary alicyclic amines) is 2. The molecule has 2 aromatic carbocycles. The second-order valence-corrected chi connectivity index (χ2v) is 10.2. The Balaban J connectivity index is 1.17. The second kappa shape index (κ2) is 11.2. The molecule has 2 aromatic rings. The quantitative estimate of drug-likeness (QED) is 0.552. The first-order valence-corrected chi connectivity index (χ1v) is 13.0. The molecule has 0 aromatic heterocycles. The molecule has 0 aliphatic carbocycles. The van der Waals surface area contributed by atoms with Gasteiger partial charge in [-0.25, -0.2) is 0 Å². The van der Waals surface area contributed by atoms with Crippen molar-refractivity contribution in [2.45, 2.75) is 31.4 Å². The van der Waals surface area contributed by atoms with Crippen molar-refractivity contribution in [3.8, 4) is 11.5 Å². The van der Waals surface area contributed by atoms with E-state index >= 15 is 0 Å². The van der Waals surface area contributed by atoms with Gasteiger partial charge in [-0.1, -0.05) is 29.8 Å². The summed E-state index contributed by atoms with van der Waals surface area (Å²) in [5.41, 5.74) is 1.98. The monoisotopic (exact) mass is 499 g/mol. The molecule has 188 valence electrons. The van der Waals surface area contributed by atoms with Crippen LogP contribution in [-0.2, 0) is 11.2 Å². The Kier molecular flexibility index (Phi) is 7.78. The van der Waals surface area contributed by atoms with Gasteiger partial charge in [0.05, 0.1) is 12.0 Å². The minimum Gasteiger partial charge on any atom is -0.486 e. The number of carbonyl (C=O) groups is 1. The summed E-state index contributed by atoms with van der Waals surface area (Å²) in [6, 6.07) is 13.1. The Labute approximate surface area is 212 Å². The number of halogens is 1. The van der Waals surface area contributed by atoms with Crippen molar-refractivity contribution >= 4 is 17.5 Å². The molecule has 1 amide bonds. The minimum absolute atomic E-state index is 0.0218. The average molecular weight is 500 g/mol. The lowest BCUT2D eigenvalue weighted by atomic mass is 9.96. The van der Waals surface area contributed by atoms with Crippen molar-refractivity contribution in [1.29, 1.82) is 0 Å². The molecule has 2 atom stereocenters. The molecule has 2 fully saturated rings. The van der Waals surface area contributed by atoms with Gasteiger partial charge in [-0.3, -0.25) is 4.79 Å². The maximum absolute atomic E-state index is 13.1. The first-order chi connectivity index (χ1) is 17.0. The number of hydrogen-bond acceptors (Lipinski definition) is 6. The molecule has 5 rings (SSSR count). The number of hydrogen-bond donors (Lipinski definition) is 2. The largest absolute Gasteiger partial charge is 0.486 e. The molecule has 0 spiro atoms. The van der Waals surface area contributed by atoms with Crippen LogP contribution in [0.2, 0.25) is 5.02 Å². The first kappa shape index (κ1) is 24.4. The van der Waals surface area contributed by atoms with Crippen LogP contribution in [0.1, 0.15) is 30.1 Å². The maximum atomic E-state index is 13.1. The highest BCUT2D eigenvalue weighted by Crippen LogP contribution is 2.33. The summed E-state index contributed by atoms with van der Waals surface area (Å²) in [4.78, 5) is 17.7. The fraction of sp³-hybridized carbons (Fsp3) is 0.519. The van der Waals surface area contributed by atoms with E-state index in [0.717, 1.165) is 62.6 Å². The molecular formula is C27H34ClN3O4. The van der Waals surface area contributed by atoms with Crippen LogP contribution < -0.4 is 14.8 Å². The Bertz CT molecular complexity index is 1010. The molecule has 0 radical (unpaired) electrons. The third-order valence-corrected chi connectivity index (χ3v) is 7.48. The SMILES string of the molecule is O=C(NC(CN1CCCC1)C(O)c1ccc2c(c1)OCCO2)C1CN(CCc2ccc(Cl)cc2)C1. The highest BCUT2D eigenvalue weighted by molar-refractivity contribution is 6.30. The van der Waals surface area contributed by atoms with E-state index in [4.69, 9.17) is 21.1 Å². The van der Waals surface area contributed by atoms with Gasteiger partial charge in [-0.05, 0) is 67.7 Å². The fourth-order valence-electron chi connectivity index (χ4n) is 5.10. The van der Waals surface area contributed by atoms with Gasteiger partial charge >= 0.3 is 0 Å². The normalized spacial score (nSPS) is 20.3. The fourth-order valence-corrected chi connectivity index (χ4v) is 5.23. The zero-order valence-corrected chi connectivity index (χ0v) is 20.8. The van der Waals surface area contributed by atoms with E-state index in [1.165, 1.54) is 5.56 Å². The van der Waals surface area contributed by atoms with Crippen LogP contribution in [0.25, 0.3) is 0 Å². The van der Waals surface area contributed by atoms with Crippen molar-refractivity contribution in [1.82, 2.24) is 15.1 Å². The molecule has 2 unspecified atom stereocenters. The smallest absolute Gasteiger partial charge is 0.226 e. The molecule has 0 bridgehead atoms. The molecule has 35 heavy (non-hydrogen) atoms. The van der Waals surface area contributed by atoms with Gasteiger partial charge in [0.25, 0.3) is 0 Å². The molecule has 2 N–H and O–H groups in total. The zero-order chi connectivity index (χ0) is 24.2. The van der Waals surface area contributed by atoms with Gasteiger partial charge in [-0.15, -0.1) is 0 Å². The number of amides is 1. The Morgan fingerprint density at radius 1 is 1.03 bits per heavy atom. The Morgan fingerprint density at radius 2 is 1.74 bits per heavy atom. The van der Waals surface area contributed by atoms with Crippen LogP contribution in [0.3, 0.4) is 0 Å². The predicted octanol–water partition coefficient (Wildman–Crippen LogP) is 2.90. The molecule has 8 heteroatoms. The summed E-state index contributed by atoms with van der Waals surface area (Å²) < 4.78 is 11.3. The van der Waals surface area contributed by atoms with Crippen LogP contribution in [0.15, 0.2) is 42.5 Å². The van der Waals surface area contributed by atoms with Crippen LogP contribution in [0.5, 0.6) is 11.5 Å². The van der Waals surface area contributed by atoms with Crippen molar-refractivity contribution in [3.63, 3.8) is 0 Å². The van der Waals surface area contributed by atoms with Gasteiger partial charge in [-0.2, -0.15) is 0 Å². The van der Waals surface area contributed by atoms with Crippen molar-refractivity contribution in [2.75, 3.05) is 52.5 Å². The van der Waals surface area contributed by atoms with Crippen LogP contribution >= 0.6 is 11.6 Å². The highest BCUT2D eigenvalue weighted by atomic mass is 35.5. The summed E-state index contributed by atoms with van der Waals surface area (Å²) >= 11 is 5.97. The minimum atomic E-state index is -0.823. The number of benzene rings is 2. The number of nitrogens with zero attached hydrogens (tertiary/aromatic N) is 2. The Hall–Kier alpha value is -2.32. The molecule has 3 aliphatic rings. The lowest BCUT2D eigenvalue weighted by Crippen LogP contribution is -2.57. The lowest BCUT2D eigenvalue weighted by Gasteiger charge is -2.39. The average Bonchev–Trinajstić information content (AvgIpc) is 3.36. The number of nitrogens with one attached hydrogen (secondary N) is 1. The highest BCUT2D eigenvalue weighted by Gasteiger charge is 2.35. The topological polar surface area (TPSA) is 74.3 Å². The number of aliphatic hydroxyl groups excluding tert-OH is 1. The van der Waals surface area contributed by atoms with E-state index in [1.807, 2.05) is 30.3 Å². The predicted molar refractivity (Wildman–Crippen MR) is 135 cm³/mol. The molecule has 0 saturated carbocycles. The zero-order valence-electron chi connectivity index (χ0n) is 20.0. The standard InChI is InChI=1S/C27H34ClN3O4/c28-22-6-3-19(4-7-22)9-12-31-16-21(17-31)27(33)29-23(18-30-10-1-2-11-30)26(32)20-5-8-24-25(15-20)35-14-13-34-24/h3-8,15,21,23,26,32H,1-2,9-14,16-18H2,(H,29,33). The molecular weight excluding hydrogens is 466 g/mol. The van der Waals surface area contributed by atoms with Gasteiger partial charge in [0.15, 0.2) is 11.5 Å². The number of aliphatic hydroxyl groups is 1. The van der Waals surface area contributed by atoms with E-state index in [9.17, 15) is 9.90 Å². The van der Waals surface area contributed by atoms with E-state index < -0.39 is 6.10 Å². The lowest BCUT2D eigenvalue weighted by molar-refractivity contribution is -0.132. The van der Waals surface area contributed by atoms with E-state index in [1.54, 1.807) is 0 Å². The maximum Gasteiger partial charge on any atom is 0.226 e. The molecule has 2 saturated heterocycles. The van der Waals surface area contributed by atoms with Crippen molar-refractivity contribution in [2.24, 2.45) is 5.92 Å². The van der Waals surface area contributed by atoms with Crippen molar-refractivity contribution < 1.29 is 19.4 Å². The Morgan fingerprint density at radius 3 is 2.49 bits per heavy atom. The van der Waals surface area contributed by atoms with Gasteiger partial charge < -0.3 is 29.7 Å². The summed E-state index contributed by atoms with van der Waals surface area (Å²) in [6.07, 6.45) is 2.43. The second-order valence-electron chi connectivity index (χ2n) is 9.80. The number of rotatable bonds is 9. The van der Waals surface area contributed by atoms with Gasteiger partial charge in [0.1, 0.15) is 19.3 Å². The third kappa shape index (κ3) is 6.09. The van der Waals surface area contributed by atoms with Gasteiger partial charge in [0, 0.05) is 31.2 Å².